The van der Waals surface area contributed by atoms with Crippen LogP contribution in [0.5, 0.6) is 11.5 Å². The summed E-state index contributed by atoms with van der Waals surface area (Å²) in [6, 6.07) is 15.9. The molecule has 0 aliphatic heterocycles. The normalized spacial score (nSPS) is 11.5. The van der Waals surface area contributed by atoms with E-state index in [4.69, 9.17) is 21.1 Å². The van der Waals surface area contributed by atoms with Crippen LogP contribution in [0, 0.1) is 0 Å². The van der Waals surface area contributed by atoms with Gasteiger partial charge in [0.25, 0.3) is 5.91 Å². The van der Waals surface area contributed by atoms with E-state index in [9.17, 15) is 19.5 Å². The Morgan fingerprint density at radius 1 is 0.949 bits per heavy atom. The van der Waals surface area contributed by atoms with Crippen molar-refractivity contribution in [3.63, 3.8) is 0 Å². The standard InChI is InChI=1S/C28H27ClN4O6/c1-16(12-17-15-33(28(36)37)23-11-7-4-8-18(17)23)30-26(34)19-13-24(38-2)25(39-3)14-22(19)32-27(35)31-21-10-6-5-9-20(21)29/h4-11,13-16H,12H2,1-3H3,(H,30,34)(H,36,37)(H2,31,32,35)/t16-/m1/s1. The van der Waals surface area contributed by atoms with Crippen LogP contribution in [0.2, 0.25) is 5.02 Å². The second-order valence-corrected chi connectivity index (χ2v) is 9.12. The van der Waals surface area contributed by atoms with E-state index in [0.29, 0.717) is 34.1 Å². The van der Waals surface area contributed by atoms with Crippen LogP contribution in [0.25, 0.3) is 10.9 Å². The summed E-state index contributed by atoms with van der Waals surface area (Å²) in [5, 5.41) is 19.0. The summed E-state index contributed by atoms with van der Waals surface area (Å²) in [6.45, 7) is 1.81. The third kappa shape index (κ3) is 6.07. The Hall–Kier alpha value is -4.70. The molecule has 3 aromatic carbocycles. The van der Waals surface area contributed by atoms with Crippen molar-refractivity contribution in [1.82, 2.24) is 9.88 Å². The zero-order chi connectivity index (χ0) is 28.1. The molecule has 1 atom stereocenters. The van der Waals surface area contributed by atoms with Gasteiger partial charge < -0.3 is 30.5 Å². The molecule has 0 unspecified atom stereocenters. The van der Waals surface area contributed by atoms with Crippen LogP contribution in [0.1, 0.15) is 22.8 Å². The number of fused-ring (bicyclic) bond motifs is 1. The quantitative estimate of drug-likeness (QED) is 0.218. The van der Waals surface area contributed by atoms with Gasteiger partial charge in [-0.05, 0) is 43.2 Å². The molecule has 0 fully saturated rings. The molecule has 11 heteroatoms. The fourth-order valence-corrected chi connectivity index (χ4v) is 4.45. The van der Waals surface area contributed by atoms with Gasteiger partial charge >= 0.3 is 12.1 Å². The third-order valence-electron chi connectivity index (χ3n) is 6.04. The lowest BCUT2D eigenvalue weighted by Gasteiger charge is -2.18. The van der Waals surface area contributed by atoms with Gasteiger partial charge in [0.1, 0.15) is 0 Å². The number of halogens is 1. The van der Waals surface area contributed by atoms with Gasteiger partial charge in [-0.15, -0.1) is 0 Å². The topological polar surface area (TPSA) is 131 Å². The first-order chi connectivity index (χ1) is 18.7. The summed E-state index contributed by atoms with van der Waals surface area (Å²) in [6.07, 6.45) is 0.832. The number of benzene rings is 3. The maximum atomic E-state index is 13.4. The van der Waals surface area contributed by atoms with Crippen LogP contribution in [-0.4, -0.2) is 48.0 Å². The average Bonchev–Trinajstić information content (AvgIpc) is 3.28. The van der Waals surface area contributed by atoms with Crippen LogP contribution in [-0.2, 0) is 6.42 Å². The number of urea groups is 1. The molecule has 0 bridgehead atoms. The van der Waals surface area contributed by atoms with Crippen LogP contribution in [0.15, 0.2) is 66.9 Å². The van der Waals surface area contributed by atoms with Crippen molar-refractivity contribution in [2.45, 2.75) is 19.4 Å². The SMILES string of the molecule is COc1cc(NC(=O)Nc2ccccc2Cl)c(C(=O)N[C@H](C)Cc2cn(C(=O)O)c3ccccc23)cc1OC. The lowest BCUT2D eigenvalue weighted by molar-refractivity contribution is 0.0940. The highest BCUT2D eigenvalue weighted by Gasteiger charge is 2.21. The van der Waals surface area contributed by atoms with E-state index in [2.05, 4.69) is 16.0 Å². The smallest absolute Gasteiger partial charge is 0.416 e. The first kappa shape index (κ1) is 27.3. The summed E-state index contributed by atoms with van der Waals surface area (Å²) >= 11 is 6.14. The van der Waals surface area contributed by atoms with E-state index < -0.39 is 18.0 Å². The van der Waals surface area contributed by atoms with Gasteiger partial charge in [-0.25, -0.2) is 9.59 Å². The molecule has 0 saturated heterocycles. The molecule has 10 nitrogen and oxygen atoms in total. The molecule has 202 valence electrons. The Bertz CT molecular complexity index is 1550. The van der Waals surface area contributed by atoms with E-state index in [1.165, 1.54) is 26.4 Å². The second kappa shape index (κ2) is 11.8. The number of aromatic nitrogens is 1. The number of anilines is 2. The number of para-hydroxylation sites is 2. The first-order valence-electron chi connectivity index (χ1n) is 11.9. The van der Waals surface area contributed by atoms with Crippen LogP contribution >= 0.6 is 11.6 Å². The van der Waals surface area contributed by atoms with Gasteiger partial charge in [-0.3, -0.25) is 9.36 Å². The summed E-state index contributed by atoms with van der Waals surface area (Å²) < 4.78 is 11.9. The molecule has 0 aliphatic carbocycles. The highest BCUT2D eigenvalue weighted by atomic mass is 35.5. The molecular formula is C28H27ClN4O6. The number of hydrogen-bond donors (Lipinski definition) is 4. The maximum Gasteiger partial charge on any atom is 0.416 e. The van der Waals surface area contributed by atoms with E-state index in [1.54, 1.807) is 42.6 Å². The summed E-state index contributed by atoms with van der Waals surface area (Å²) in [7, 11) is 2.89. The van der Waals surface area contributed by atoms with Crippen molar-refractivity contribution < 1.29 is 29.0 Å². The highest BCUT2D eigenvalue weighted by molar-refractivity contribution is 6.33. The van der Waals surface area contributed by atoms with Crippen LogP contribution < -0.4 is 25.4 Å². The molecule has 0 aliphatic rings. The van der Waals surface area contributed by atoms with Crippen molar-refractivity contribution in [3.8, 4) is 11.5 Å². The number of nitrogens with zero attached hydrogens (tertiary/aromatic N) is 1. The van der Waals surface area contributed by atoms with Gasteiger partial charge in [-0.1, -0.05) is 41.9 Å². The van der Waals surface area contributed by atoms with Gasteiger partial charge in [0.15, 0.2) is 11.5 Å². The summed E-state index contributed by atoms with van der Waals surface area (Å²) in [5.41, 5.74) is 2.06. The molecule has 39 heavy (non-hydrogen) atoms. The fraction of sp³-hybridized carbons (Fsp3) is 0.179. The van der Waals surface area contributed by atoms with Crippen LogP contribution in [0.3, 0.4) is 0 Å². The Morgan fingerprint density at radius 3 is 2.28 bits per heavy atom. The van der Waals surface area contributed by atoms with Crippen LogP contribution in [0.4, 0.5) is 21.0 Å². The Kier molecular flexibility index (Phi) is 8.26. The predicted octanol–water partition coefficient (Wildman–Crippen LogP) is 5.84. The summed E-state index contributed by atoms with van der Waals surface area (Å²) in [4.78, 5) is 37.9. The Morgan fingerprint density at radius 2 is 1.59 bits per heavy atom. The Labute approximate surface area is 229 Å². The Balaban J connectivity index is 1.57. The molecule has 1 aromatic heterocycles. The van der Waals surface area contributed by atoms with Gasteiger partial charge in [0.2, 0.25) is 0 Å². The van der Waals surface area contributed by atoms with Crippen molar-refractivity contribution >= 4 is 51.9 Å². The molecule has 1 heterocycles. The van der Waals surface area contributed by atoms with Crippen molar-refractivity contribution in [2.24, 2.45) is 0 Å². The highest BCUT2D eigenvalue weighted by Crippen LogP contribution is 2.34. The minimum atomic E-state index is -1.09. The van der Waals surface area contributed by atoms with Gasteiger partial charge in [0, 0.05) is 23.7 Å². The molecule has 4 aromatic rings. The second-order valence-electron chi connectivity index (χ2n) is 8.71. The van der Waals surface area contributed by atoms with E-state index in [-0.39, 0.29) is 17.3 Å². The number of nitrogens with one attached hydrogen (secondary N) is 3. The maximum absolute atomic E-state index is 13.4. The minimum Gasteiger partial charge on any atom is -0.493 e. The first-order valence-corrected chi connectivity index (χ1v) is 12.3. The fourth-order valence-electron chi connectivity index (χ4n) is 4.26. The van der Waals surface area contributed by atoms with E-state index >= 15 is 0 Å². The minimum absolute atomic E-state index is 0.141. The number of carboxylic acid groups (broad SMARTS) is 1. The van der Waals surface area contributed by atoms with Crippen molar-refractivity contribution in [1.29, 1.82) is 0 Å². The molecule has 4 N–H and O–H groups in total. The van der Waals surface area contributed by atoms with Crippen molar-refractivity contribution in [2.75, 3.05) is 24.9 Å². The molecule has 0 saturated carbocycles. The monoisotopic (exact) mass is 550 g/mol. The predicted molar refractivity (Wildman–Crippen MR) is 150 cm³/mol. The number of hydrogen-bond acceptors (Lipinski definition) is 5. The molecule has 0 radical (unpaired) electrons. The largest absolute Gasteiger partial charge is 0.493 e. The lowest BCUT2D eigenvalue weighted by atomic mass is 10.0. The lowest BCUT2D eigenvalue weighted by Crippen LogP contribution is -2.35. The number of amides is 3. The van der Waals surface area contributed by atoms with Gasteiger partial charge in [-0.2, -0.15) is 0 Å². The van der Waals surface area contributed by atoms with E-state index in [1.807, 2.05) is 19.1 Å². The van der Waals surface area contributed by atoms with Crippen molar-refractivity contribution in [3.05, 3.63) is 83.0 Å². The zero-order valence-electron chi connectivity index (χ0n) is 21.4. The zero-order valence-corrected chi connectivity index (χ0v) is 22.2. The molecule has 3 amide bonds. The number of ether oxygens (including phenoxy) is 2. The third-order valence-corrected chi connectivity index (χ3v) is 6.37. The number of carbonyl (C=O) groups excluding carboxylic acids is 2. The van der Waals surface area contributed by atoms with Gasteiger partial charge in [0.05, 0.1) is 41.7 Å². The number of carbonyl (C=O) groups is 3. The number of methoxy groups -OCH3 is 2. The number of rotatable bonds is 8. The molecular weight excluding hydrogens is 524 g/mol. The molecule has 4 rings (SSSR count). The molecule has 0 spiro atoms. The average molecular weight is 551 g/mol. The van der Waals surface area contributed by atoms with E-state index in [0.717, 1.165) is 15.5 Å². The summed E-state index contributed by atoms with van der Waals surface area (Å²) in [5.74, 6) is 0.145.